The highest BCUT2D eigenvalue weighted by molar-refractivity contribution is 5.85. The van der Waals surface area contributed by atoms with E-state index in [1.54, 1.807) is 0 Å². The molecule has 2 atom stereocenters. The van der Waals surface area contributed by atoms with Crippen LogP contribution in [0.1, 0.15) is 50.5 Å². The Morgan fingerprint density at radius 3 is 2.61 bits per heavy atom. The Morgan fingerprint density at radius 1 is 1.17 bits per heavy atom. The van der Waals surface area contributed by atoms with E-state index in [1.165, 1.54) is 6.42 Å². The Bertz CT molecular complexity index is 519. The summed E-state index contributed by atoms with van der Waals surface area (Å²) in [6, 6.07) is 8.18. The van der Waals surface area contributed by atoms with E-state index in [1.807, 2.05) is 24.3 Å². The first kappa shape index (κ1) is 18.1. The van der Waals surface area contributed by atoms with Gasteiger partial charge in [0.25, 0.3) is 0 Å². The highest BCUT2D eigenvalue weighted by Crippen LogP contribution is 2.28. The summed E-state index contributed by atoms with van der Waals surface area (Å²) in [7, 11) is 0. The molecule has 0 aliphatic heterocycles. The maximum Gasteiger partial charge on any atom is 0.223 e. The van der Waals surface area contributed by atoms with Crippen LogP contribution in [-0.4, -0.2) is 18.1 Å². The van der Waals surface area contributed by atoms with E-state index < -0.39 is 0 Å². The van der Waals surface area contributed by atoms with Crippen molar-refractivity contribution >= 4 is 18.3 Å². The van der Waals surface area contributed by atoms with Gasteiger partial charge in [-0.2, -0.15) is 0 Å². The van der Waals surface area contributed by atoms with E-state index >= 15 is 0 Å². The van der Waals surface area contributed by atoms with Crippen LogP contribution >= 0.6 is 12.4 Å². The molecule has 0 bridgehead atoms. The third-order valence-electron chi connectivity index (χ3n) is 4.86. The summed E-state index contributed by atoms with van der Waals surface area (Å²) in [4.78, 5) is 12.3. The number of halogens is 1. The number of rotatable bonds is 5. The average molecular weight is 339 g/mol. The molecule has 2 aliphatic carbocycles. The van der Waals surface area contributed by atoms with Crippen molar-refractivity contribution in [2.24, 2.45) is 11.7 Å². The van der Waals surface area contributed by atoms with Crippen molar-refractivity contribution in [3.63, 3.8) is 0 Å². The standard InChI is InChI=1S/C18H26N2O2.ClH/c19-15-7-3-6-13(11-15)18(21)20-12-14-5-1-2-10-17(14)22-16-8-4-9-16;/h1-2,5,10,13,15-16H,3-4,6-9,11-12,19H2,(H,20,21);1H. The average Bonchev–Trinajstić information content (AvgIpc) is 2.49. The van der Waals surface area contributed by atoms with Crippen molar-refractivity contribution in [1.82, 2.24) is 5.32 Å². The normalized spacial score (nSPS) is 24.2. The Balaban J connectivity index is 0.00000192. The third-order valence-corrected chi connectivity index (χ3v) is 4.86. The molecule has 2 fully saturated rings. The van der Waals surface area contributed by atoms with Crippen molar-refractivity contribution in [3.8, 4) is 5.75 Å². The van der Waals surface area contributed by atoms with E-state index in [-0.39, 0.29) is 30.3 Å². The number of carbonyl (C=O) groups excluding carboxylic acids is 1. The predicted octanol–water partition coefficient (Wildman–Crippen LogP) is 3.17. The van der Waals surface area contributed by atoms with Gasteiger partial charge in [-0.25, -0.2) is 0 Å². The Hall–Kier alpha value is -1.26. The molecule has 3 rings (SSSR count). The Morgan fingerprint density at radius 2 is 1.91 bits per heavy atom. The van der Waals surface area contributed by atoms with Crippen molar-refractivity contribution in [1.29, 1.82) is 0 Å². The van der Waals surface area contributed by atoms with E-state index in [4.69, 9.17) is 10.5 Å². The minimum atomic E-state index is 0. The second-order valence-corrected chi connectivity index (χ2v) is 6.62. The summed E-state index contributed by atoms with van der Waals surface area (Å²) in [5, 5.41) is 3.06. The maximum absolute atomic E-state index is 12.3. The Kier molecular flexibility index (Phi) is 6.72. The minimum absolute atomic E-state index is 0. The topological polar surface area (TPSA) is 64.4 Å². The summed E-state index contributed by atoms with van der Waals surface area (Å²) < 4.78 is 6.00. The molecule has 4 nitrogen and oxygen atoms in total. The van der Waals surface area contributed by atoms with Crippen molar-refractivity contribution in [3.05, 3.63) is 29.8 Å². The van der Waals surface area contributed by atoms with Gasteiger partial charge in [0.15, 0.2) is 0 Å². The molecule has 0 spiro atoms. The first-order valence-electron chi connectivity index (χ1n) is 8.50. The molecule has 128 valence electrons. The van der Waals surface area contributed by atoms with E-state index in [2.05, 4.69) is 5.32 Å². The number of hydrogen-bond donors (Lipinski definition) is 2. The fraction of sp³-hybridized carbons (Fsp3) is 0.611. The number of nitrogens with two attached hydrogens (primary N) is 1. The van der Waals surface area contributed by atoms with Gasteiger partial charge in [-0.3, -0.25) is 4.79 Å². The summed E-state index contributed by atoms with van der Waals surface area (Å²) in [5.41, 5.74) is 7.03. The van der Waals surface area contributed by atoms with Crippen LogP contribution < -0.4 is 15.8 Å². The van der Waals surface area contributed by atoms with Crippen LogP contribution in [0.4, 0.5) is 0 Å². The summed E-state index contributed by atoms with van der Waals surface area (Å²) in [5.74, 6) is 1.12. The SMILES string of the molecule is Cl.NC1CCCC(C(=O)NCc2ccccc2OC2CCC2)C1. The lowest BCUT2D eigenvalue weighted by atomic mass is 9.85. The van der Waals surface area contributed by atoms with Gasteiger partial charge < -0.3 is 15.8 Å². The lowest BCUT2D eigenvalue weighted by molar-refractivity contribution is -0.126. The zero-order valence-electron chi connectivity index (χ0n) is 13.5. The van der Waals surface area contributed by atoms with E-state index in [0.29, 0.717) is 12.6 Å². The molecule has 1 aromatic rings. The van der Waals surface area contributed by atoms with Gasteiger partial charge in [-0.1, -0.05) is 24.6 Å². The molecule has 23 heavy (non-hydrogen) atoms. The zero-order valence-corrected chi connectivity index (χ0v) is 14.3. The molecule has 1 amide bonds. The largest absolute Gasteiger partial charge is 0.490 e. The Labute approximate surface area is 144 Å². The fourth-order valence-corrected chi connectivity index (χ4v) is 3.23. The molecular weight excluding hydrogens is 312 g/mol. The number of nitrogens with one attached hydrogen (secondary N) is 1. The quantitative estimate of drug-likeness (QED) is 0.866. The predicted molar refractivity (Wildman–Crippen MR) is 93.7 cm³/mol. The van der Waals surface area contributed by atoms with Crippen LogP contribution in [0.5, 0.6) is 5.75 Å². The van der Waals surface area contributed by atoms with Crippen LogP contribution in [0, 0.1) is 5.92 Å². The molecule has 0 saturated heterocycles. The monoisotopic (exact) mass is 338 g/mol. The van der Waals surface area contributed by atoms with Gasteiger partial charge in [-0.15, -0.1) is 12.4 Å². The number of carbonyl (C=O) groups is 1. The summed E-state index contributed by atoms with van der Waals surface area (Å²) in [6.45, 7) is 0.535. The van der Waals surface area contributed by atoms with Gasteiger partial charge in [0.1, 0.15) is 5.75 Å². The molecule has 5 heteroatoms. The first-order chi connectivity index (χ1) is 10.7. The van der Waals surface area contributed by atoms with Gasteiger partial charge >= 0.3 is 0 Å². The number of para-hydroxylation sites is 1. The number of ether oxygens (including phenoxy) is 1. The maximum atomic E-state index is 12.3. The smallest absolute Gasteiger partial charge is 0.223 e. The lowest BCUT2D eigenvalue weighted by Crippen LogP contribution is -2.37. The van der Waals surface area contributed by atoms with Gasteiger partial charge in [0.05, 0.1) is 6.10 Å². The van der Waals surface area contributed by atoms with Crippen LogP contribution in [0.25, 0.3) is 0 Å². The molecule has 0 aromatic heterocycles. The molecule has 2 saturated carbocycles. The van der Waals surface area contributed by atoms with Crippen LogP contribution in [-0.2, 0) is 11.3 Å². The zero-order chi connectivity index (χ0) is 15.4. The molecule has 3 N–H and O–H groups in total. The van der Waals surface area contributed by atoms with Crippen LogP contribution in [0.2, 0.25) is 0 Å². The second-order valence-electron chi connectivity index (χ2n) is 6.62. The minimum Gasteiger partial charge on any atom is -0.490 e. The molecule has 0 heterocycles. The molecule has 2 aliphatic rings. The van der Waals surface area contributed by atoms with Gasteiger partial charge in [-0.05, 0) is 44.6 Å². The van der Waals surface area contributed by atoms with Crippen LogP contribution in [0.3, 0.4) is 0 Å². The molecular formula is C18H27ClN2O2. The highest BCUT2D eigenvalue weighted by atomic mass is 35.5. The van der Waals surface area contributed by atoms with Crippen molar-refractivity contribution in [2.45, 2.75) is 63.6 Å². The summed E-state index contributed by atoms with van der Waals surface area (Å²) in [6.07, 6.45) is 7.76. The van der Waals surface area contributed by atoms with E-state index in [0.717, 1.165) is 49.8 Å². The van der Waals surface area contributed by atoms with Crippen LogP contribution in [0.15, 0.2) is 24.3 Å². The van der Waals surface area contributed by atoms with Crippen molar-refractivity contribution in [2.75, 3.05) is 0 Å². The van der Waals surface area contributed by atoms with E-state index in [9.17, 15) is 4.79 Å². The van der Waals surface area contributed by atoms with Gasteiger partial charge in [0.2, 0.25) is 5.91 Å². The lowest BCUT2D eigenvalue weighted by Gasteiger charge is -2.28. The number of benzene rings is 1. The van der Waals surface area contributed by atoms with Gasteiger partial charge in [0, 0.05) is 24.1 Å². The number of hydrogen-bond acceptors (Lipinski definition) is 3. The number of amides is 1. The second kappa shape index (κ2) is 8.55. The third kappa shape index (κ3) is 4.85. The first-order valence-corrected chi connectivity index (χ1v) is 8.50. The highest BCUT2D eigenvalue weighted by Gasteiger charge is 2.25. The molecule has 1 aromatic carbocycles. The van der Waals surface area contributed by atoms with Crippen molar-refractivity contribution < 1.29 is 9.53 Å². The molecule has 0 radical (unpaired) electrons. The fourth-order valence-electron chi connectivity index (χ4n) is 3.23. The summed E-state index contributed by atoms with van der Waals surface area (Å²) >= 11 is 0. The molecule has 2 unspecified atom stereocenters.